The van der Waals surface area contributed by atoms with E-state index in [-0.39, 0.29) is 11.3 Å². The van der Waals surface area contributed by atoms with E-state index in [1.807, 2.05) is 67.6 Å². The van der Waals surface area contributed by atoms with E-state index in [4.69, 9.17) is 5.73 Å². The van der Waals surface area contributed by atoms with Crippen molar-refractivity contribution in [3.8, 4) is 0 Å². The Kier molecular flexibility index (Phi) is 5.76. The second kappa shape index (κ2) is 8.49. The minimum Gasteiger partial charge on any atom is -0.370 e. The van der Waals surface area contributed by atoms with Crippen molar-refractivity contribution in [3.05, 3.63) is 90.0 Å². The Morgan fingerprint density at radius 1 is 0.871 bits per heavy atom. The highest BCUT2D eigenvalue weighted by Gasteiger charge is 2.24. The van der Waals surface area contributed by atoms with Crippen LogP contribution in [0.4, 0.5) is 0 Å². The molecule has 1 atom stereocenters. The van der Waals surface area contributed by atoms with Crippen LogP contribution in [0.3, 0.4) is 0 Å². The first kappa shape index (κ1) is 21.0. The first-order valence-corrected chi connectivity index (χ1v) is 11.6. The number of carbonyl (C=O) groups excluding carboxylic acids is 1. The largest absolute Gasteiger partial charge is 0.370 e. The molecule has 4 rings (SSSR count). The monoisotopic (exact) mass is 432 g/mol. The normalized spacial score (nSPS) is 12.8. The molecule has 0 aromatic heterocycles. The van der Waals surface area contributed by atoms with Gasteiger partial charge in [0.05, 0.1) is 4.90 Å². The van der Waals surface area contributed by atoms with E-state index in [2.05, 4.69) is 4.72 Å². The fraction of sp³-hybridized carbons (Fsp3) is 0.160. The molecule has 0 bridgehead atoms. The molecule has 0 radical (unpaired) electrons. The van der Waals surface area contributed by atoms with Crippen LogP contribution in [0.1, 0.15) is 17.5 Å². The third-order valence-corrected chi connectivity index (χ3v) is 7.09. The zero-order chi connectivity index (χ0) is 22.0. The minimum atomic E-state index is -3.88. The number of rotatable bonds is 7. The van der Waals surface area contributed by atoms with Crippen LogP contribution in [-0.4, -0.2) is 20.4 Å². The van der Waals surface area contributed by atoms with Gasteiger partial charge in [-0.2, -0.15) is 0 Å². The van der Waals surface area contributed by atoms with E-state index >= 15 is 0 Å². The number of primary amides is 1. The molecule has 31 heavy (non-hydrogen) atoms. The standard InChI is InChI=1S/C25H24N2O3S/c1-17-13-14-24(23-12-5-4-10-21(17)23)31(29,30)27-20(16-25(26)28)15-19-9-6-8-18-7-2-3-11-22(18)19/h2-14,20,27H,15-16H2,1H3,(H2,26,28)/t20-/m1/s1. The van der Waals surface area contributed by atoms with Crippen LogP contribution in [0, 0.1) is 6.92 Å². The van der Waals surface area contributed by atoms with Crippen LogP contribution in [0.5, 0.6) is 0 Å². The summed E-state index contributed by atoms with van der Waals surface area (Å²) in [6, 6.07) is 23.9. The highest BCUT2D eigenvalue weighted by Crippen LogP contribution is 2.27. The molecule has 0 saturated heterocycles. The van der Waals surface area contributed by atoms with Gasteiger partial charge < -0.3 is 5.73 Å². The molecule has 6 heteroatoms. The predicted octanol–water partition coefficient (Wildman–Crippen LogP) is 4.07. The maximum Gasteiger partial charge on any atom is 0.241 e. The van der Waals surface area contributed by atoms with Gasteiger partial charge in [0.25, 0.3) is 0 Å². The molecule has 0 heterocycles. The maximum absolute atomic E-state index is 13.3. The topological polar surface area (TPSA) is 89.3 Å². The van der Waals surface area contributed by atoms with Gasteiger partial charge >= 0.3 is 0 Å². The van der Waals surface area contributed by atoms with Gasteiger partial charge in [0, 0.05) is 17.8 Å². The highest BCUT2D eigenvalue weighted by atomic mass is 32.2. The summed E-state index contributed by atoms with van der Waals surface area (Å²) in [5, 5.41) is 3.62. The molecular formula is C25H24N2O3S. The number of nitrogens with two attached hydrogens (primary N) is 1. The number of nitrogens with one attached hydrogen (secondary N) is 1. The molecule has 0 unspecified atom stereocenters. The van der Waals surface area contributed by atoms with Crippen molar-refractivity contribution in [2.75, 3.05) is 0 Å². The average Bonchev–Trinajstić information content (AvgIpc) is 2.73. The van der Waals surface area contributed by atoms with Crippen molar-refractivity contribution in [2.24, 2.45) is 5.73 Å². The van der Waals surface area contributed by atoms with Gasteiger partial charge in [-0.05, 0) is 46.7 Å². The third kappa shape index (κ3) is 4.45. The molecule has 5 nitrogen and oxygen atoms in total. The van der Waals surface area contributed by atoms with Crippen LogP contribution < -0.4 is 10.5 Å². The Morgan fingerprint density at radius 2 is 1.52 bits per heavy atom. The Hall–Kier alpha value is -3.22. The smallest absolute Gasteiger partial charge is 0.241 e. The zero-order valence-electron chi connectivity index (χ0n) is 17.2. The van der Waals surface area contributed by atoms with Gasteiger partial charge in [-0.15, -0.1) is 0 Å². The molecule has 4 aromatic carbocycles. The first-order valence-electron chi connectivity index (χ1n) is 10.1. The van der Waals surface area contributed by atoms with Crippen molar-refractivity contribution >= 4 is 37.5 Å². The molecule has 0 aliphatic heterocycles. The summed E-state index contributed by atoms with van der Waals surface area (Å²) in [7, 11) is -3.88. The Morgan fingerprint density at radius 3 is 2.26 bits per heavy atom. The SMILES string of the molecule is Cc1ccc(S(=O)(=O)N[C@@H](CC(N)=O)Cc2cccc3ccccc23)c2ccccc12. The lowest BCUT2D eigenvalue weighted by Crippen LogP contribution is -2.39. The number of hydrogen-bond acceptors (Lipinski definition) is 3. The molecule has 158 valence electrons. The summed E-state index contributed by atoms with van der Waals surface area (Å²) in [4.78, 5) is 11.9. The van der Waals surface area contributed by atoms with E-state index in [9.17, 15) is 13.2 Å². The summed E-state index contributed by atoms with van der Waals surface area (Å²) >= 11 is 0. The quantitative estimate of drug-likeness (QED) is 0.461. The van der Waals surface area contributed by atoms with Crippen molar-refractivity contribution in [2.45, 2.75) is 30.7 Å². The zero-order valence-corrected chi connectivity index (χ0v) is 18.0. The molecule has 0 aliphatic rings. The summed E-state index contributed by atoms with van der Waals surface area (Å²) in [5.74, 6) is -0.554. The first-order chi connectivity index (χ1) is 14.8. The fourth-order valence-electron chi connectivity index (χ4n) is 4.07. The van der Waals surface area contributed by atoms with Crippen LogP contribution in [0.25, 0.3) is 21.5 Å². The molecular weight excluding hydrogens is 408 g/mol. The third-order valence-electron chi connectivity index (χ3n) is 5.51. The average molecular weight is 433 g/mol. The molecule has 3 N–H and O–H groups in total. The van der Waals surface area contributed by atoms with Gasteiger partial charge in [-0.3, -0.25) is 4.79 Å². The second-order valence-electron chi connectivity index (χ2n) is 7.76. The summed E-state index contributed by atoms with van der Waals surface area (Å²) in [6.07, 6.45) is 0.263. The number of fused-ring (bicyclic) bond motifs is 2. The lowest BCUT2D eigenvalue weighted by Gasteiger charge is -2.20. The Balaban J connectivity index is 1.71. The fourth-order valence-corrected chi connectivity index (χ4v) is 5.52. The molecule has 0 aliphatic carbocycles. The number of hydrogen-bond donors (Lipinski definition) is 2. The minimum absolute atomic E-state index is 0.0910. The number of carbonyl (C=O) groups is 1. The Bertz CT molecular complexity index is 1370. The van der Waals surface area contributed by atoms with Gasteiger partial charge in [0.2, 0.25) is 15.9 Å². The molecule has 0 spiro atoms. The predicted molar refractivity (Wildman–Crippen MR) is 124 cm³/mol. The van der Waals surface area contributed by atoms with Gasteiger partial charge in [0.1, 0.15) is 0 Å². The van der Waals surface area contributed by atoms with E-state index in [1.165, 1.54) is 0 Å². The van der Waals surface area contributed by atoms with E-state index in [0.717, 1.165) is 27.3 Å². The van der Waals surface area contributed by atoms with Crippen molar-refractivity contribution in [3.63, 3.8) is 0 Å². The maximum atomic E-state index is 13.3. The van der Waals surface area contributed by atoms with Gasteiger partial charge in [-0.25, -0.2) is 13.1 Å². The van der Waals surface area contributed by atoms with Crippen LogP contribution >= 0.6 is 0 Å². The summed E-state index contributed by atoms with van der Waals surface area (Å²) in [5.41, 5.74) is 7.41. The lowest BCUT2D eigenvalue weighted by atomic mass is 9.98. The molecule has 0 saturated carbocycles. The molecule has 1 amide bonds. The van der Waals surface area contributed by atoms with E-state index in [0.29, 0.717) is 11.8 Å². The van der Waals surface area contributed by atoms with Crippen LogP contribution in [-0.2, 0) is 21.2 Å². The number of benzene rings is 4. The Labute approximate surface area is 181 Å². The van der Waals surface area contributed by atoms with Crippen LogP contribution in [0.15, 0.2) is 83.8 Å². The summed E-state index contributed by atoms with van der Waals surface area (Å²) in [6.45, 7) is 1.95. The van der Waals surface area contributed by atoms with Crippen molar-refractivity contribution < 1.29 is 13.2 Å². The van der Waals surface area contributed by atoms with Gasteiger partial charge in [0.15, 0.2) is 0 Å². The summed E-state index contributed by atoms with van der Waals surface area (Å²) < 4.78 is 29.4. The number of sulfonamides is 1. The van der Waals surface area contributed by atoms with E-state index in [1.54, 1.807) is 18.2 Å². The lowest BCUT2D eigenvalue weighted by molar-refractivity contribution is -0.118. The van der Waals surface area contributed by atoms with Crippen molar-refractivity contribution in [1.82, 2.24) is 4.72 Å². The highest BCUT2D eigenvalue weighted by molar-refractivity contribution is 7.89. The van der Waals surface area contributed by atoms with Gasteiger partial charge in [-0.1, -0.05) is 72.8 Å². The molecule has 0 fully saturated rings. The van der Waals surface area contributed by atoms with E-state index < -0.39 is 22.0 Å². The van der Waals surface area contributed by atoms with Crippen LogP contribution in [0.2, 0.25) is 0 Å². The second-order valence-corrected chi connectivity index (χ2v) is 9.44. The number of amides is 1. The van der Waals surface area contributed by atoms with Crippen molar-refractivity contribution in [1.29, 1.82) is 0 Å². The number of aryl methyl sites for hydroxylation is 1. The molecule has 4 aromatic rings.